The van der Waals surface area contributed by atoms with E-state index < -0.39 is 0 Å². The number of ether oxygens (including phenoxy) is 2. The number of hydrogen-bond acceptors (Lipinski definition) is 3. The molecule has 0 aromatic heterocycles. The van der Waals surface area contributed by atoms with Gasteiger partial charge in [0.1, 0.15) is 5.75 Å². The molecule has 1 fully saturated rings. The largest absolute Gasteiger partial charge is 0.464 e. The van der Waals surface area contributed by atoms with Gasteiger partial charge in [-0.3, -0.25) is 4.79 Å². The first-order valence-corrected chi connectivity index (χ1v) is 9.41. The summed E-state index contributed by atoms with van der Waals surface area (Å²) in [4.78, 5) is 14.5. The Morgan fingerprint density at radius 3 is 2.60 bits per heavy atom. The summed E-state index contributed by atoms with van der Waals surface area (Å²) in [5.41, 5.74) is 1.83. The second-order valence-corrected chi connectivity index (χ2v) is 7.46. The second-order valence-electron chi connectivity index (χ2n) is 6.54. The molecule has 0 saturated carbocycles. The van der Waals surface area contributed by atoms with Gasteiger partial charge in [0.15, 0.2) is 0 Å². The number of rotatable bonds is 2. The van der Waals surface area contributed by atoms with Gasteiger partial charge in [0, 0.05) is 34.6 Å². The molecule has 1 unspecified atom stereocenters. The Kier molecular flexibility index (Phi) is 4.77. The van der Waals surface area contributed by atoms with Crippen LogP contribution in [-0.4, -0.2) is 30.2 Å². The average Bonchev–Trinajstić information content (AvgIpc) is 2.68. The number of benzene rings is 2. The highest BCUT2D eigenvalue weighted by Crippen LogP contribution is 2.34. The minimum atomic E-state index is -0.220. The number of carbonyl (C=O) groups excluding carboxylic acids is 1. The lowest BCUT2D eigenvalue weighted by molar-refractivity contribution is -0.148. The Morgan fingerprint density at radius 2 is 1.84 bits per heavy atom. The van der Waals surface area contributed by atoms with E-state index >= 15 is 0 Å². The number of amides is 1. The fraction of sp³-hybridized carbons (Fsp3) is 0.350. The lowest BCUT2D eigenvalue weighted by Crippen LogP contribution is -2.44. The molecule has 0 spiro atoms. The van der Waals surface area contributed by atoms with Crippen LogP contribution in [0, 0.1) is 5.92 Å². The summed E-state index contributed by atoms with van der Waals surface area (Å²) in [7, 11) is 0. The maximum absolute atomic E-state index is 12.5. The van der Waals surface area contributed by atoms with Crippen LogP contribution in [0.3, 0.4) is 0 Å². The number of likely N-dealkylation sites (tertiary alicyclic amines) is 1. The van der Waals surface area contributed by atoms with Crippen molar-refractivity contribution in [3.63, 3.8) is 0 Å². The molecule has 2 aromatic rings. The van der Waals surface area contributed by atoms with Crippen molar-refractivity contribution in [1.82, 2.24) is 4.90 Å². The molecular weight excluding hydrogens is 382 g/mol. The van der Waals surface area contributed by atoms with E-state index in [-0.39, 0.29) is 12.2 Å². The predicted molar refractivity (Wildman–Crippen MR) is 98.4 cm³/mol. The van der Waals surface area contributed by atoms with Crippen molar-refractivity contribution in [3.8, 4) is 5.75 Å². The summed E-state index contributed by atoms with van der Waals surface area (Å²) in [6, 6.07) is 15.5. The van der Waals surface area contributed by atoms with Gasteiger partial charge in [-0.15, -0.1) is 0 Å². The van der Waals surface area contributed by atoms with Crippen LogP contribution < -0.4 is 4.74 Å². The third kappa shape index (κ3) is 3.58. The first-order chi connectivity index (χ1) is 12.2. The van der Waals surface area contributed by atoms with E-state index in [1.165, 1.54) is 0 Å². The Labute approximate surface area is 155 Å². The zero-order chi connectivity index (χ0) is 17.2. The number of hydrogen-bond donors (Lipinski definition) is 0. The molecule has 0 radical (unpaired) electrons. The Morgan fingerprint density at radius 1 is 1.08 bits per heavy atom. The van der Waals surface area contributed by atoms with Gasteiger partial charge in [0.05, 0.1) is 6.61 Å². The summed E-state index contributed by atoms with van der Waals surface area (Å²) in [6.45, 7) is 2.06. The van der Waals surface area contributed by atoms with Crippen molar-refractivity contribution >= 4 is 21.8 Å². The molecule has 5 heteroatoms. The highest BCUT2D eigenvalue weighted by atomic mass is 79.9. The molecule has 4 rings (SSSR count). The van der Waals surface area contributed by atoms with E-state index in [1.54, 1.807) is 0 Å². The molecule has 0 N–H and O–H groups in total. The molecular formula is C20H20BrNO3. The van der Waals surface area contributed by atoms with Crippen LogP contribution in [0.15, 0.2) is 53.0 Å². The summed E-state index contributed by atoms with van der Waals surface area (Å²) < 4.78 is 13.0. The van der Waals surface area contributed by atoms with E-state index in [0.29, 0.717) is 12.5 Å². The normalized spacial score (nSPS) is 20.7. The molecule has 1 saturated heterocycles. The zero-order valence-electron chi connectivity index (χ0n) is 13.9. The van der Waals surface area contributed by atoms with E-state index in [4.69, 9.17) is 9.47 Å². The zero-order valence-corrected chi connectivity index (χ0v) is 15.4. The minimum Gasteiger partial charge on any atom is -0.464 e. The minimum absolute atomic E-state index is 0.111. The maximum Gasteiger partial charge on any atom is 0.253 e. The Hall–Kier alpha value is -1.85. The van der Waals surface area contributed by atoms with Crippen molar-refractivity contribution in [1.29, 1.82) is 0 Å². The standard InChI is InChI=1S/C20H20BrNO3/c21-17-6-7-18-16(12-17)13-24-20(25-18)15-8-10-22(11-9-15)19(23)14-4-2-1-3-5-14/h1-7,12,15,20H,8-11,13H2. The van der Waals surface area contributed by atoms with Crippen LogP contribution in [-0.2, 0) is 11.3 Å². The van der Waals surface area contributed by atoms with E-state index in [9.17, 15) is 4.79 Å². The van der Waals surface area contributed by atoms with Crippen LogP contribution in [0.1, 0.15) is 28.8 Å². The topological polar surface area (TPSA) is 38.8 Å². The van der Waals surface area contributed by atoms with Crippen molar-refractivity contribution in [2.75, 3.05) is 13.1 Å². The average molecular weight is 402 g/mol. The number of nitrogens with zero attached hydrogens (tertiary/aromatic N) is 1. The molecule has 0 bridgehead atoms. The van der Waals surface area contributed by atoms with Gasteiger partial charge in [-0.05, 0) is 43.2 Å². The maximum atomic E-state index is 12.5. The first kappa shape index (κ1) is 16.6. The van der Waals surface area contributed by atoms with Crippen molar-refractivity contribution < 1.29 is 14.3 Å². The number of carbonyl (C=O) groups is 1. The van der Waals surface area contributed by atoms with Gasteiger partial charge in [-0.1, -0.05) is 34.1 Å². The van der Waals surface area contributed by atoms with Crippen LogP contribution in [0.2, 0.25) is 0 Å². The van der Waals surface area contributed by atoms with Crippen molar-refractivity contribution in [2.45, 2.75) is 25.7 Å². The highest BCUT2D eigenvalue weighted by molar-refractivity contribution is 9.10. The number of fused-ring (bicyclic) bond motifs is 1. The third-order valence-electron chi connectivity index (χ3n) is 4.90. The van der Waals surface area contributed by atoms with E-state index in [0.717, 1.165) is 47.3 Å². The smallest absolute Gasteiger partial charge is 0.253 e. The fourth-order valence-electron chi connectivity index (χ4n) is 3.48. The van der Waals surface area contributed by atoms with Gasteiger partial charge >= 0.3 is 0 Å². The molecule has 2 heterocycles. The highest BCUT2D eigenvalue weighted by Gasteiger charge is 2.33. The quantitative estimate of drug-likeness (QED) is 0.755. The number of halogens is 1. The van der Waals surface area contributed by atoms with Crippen molar-refractivity contribution in [3.05, 3.63) is 64.1 Å². The summed E-state index contributed by atoms with van der Waals surface area (Å²) >= 11 is 3.47. The first-order valence-electron chi connectivity index (χ1n) is 8.62. The molecule has 1 atom stereocenters. The lowest BCUT2D eigenvalue weighted by Gasteiger charge is -2.37. The molecule has 2 aliphatic rings. The van der Waals surface area contributed by atoms with Gasteiger partial charge in [-0.2, -0.15) is 0 Å². The SMILES string of the molecule is O=C(c1ccccc1)N1CCC(C2OCc3cc(Br)ccc3O2)CC1. The van der Waals surface area contributed by atoms with Gasteiger partial charge in [0.25, 0.3) is 5.91 Å². The summed E-state index contributed by atoms with van der Waals surface area (Å²) in [5, 5.41) is 0. The van der Waals surface area contributed by atoms with E-state index in [1.807, 2.05) is 53.4 Å². The molecule has 130 valence electrons. The van der Waals surface area contributed by atoms with E-state index in [2.05, 4.69) is 15.9 Å². The summed E-state index contributed by atoms with van der Waals surface area (Å²) in [5.74, 6) is 1.33. The Balaban J connectivity index is 1.36. The second kappa shape index (κ2) is 7.18. The molecule has 25 heavy (non-hydrogen) atoms. The third-order valence-corrected chi connectivity index (χ3v) is 5.39. The lowest BCUT2D eigenvalue weighted by atomic mass is 9.95. The molecule has 4 nitrogen and oxygen atoms in total. The molecule has 2 aromatic carbocycles. The van der Waals surface area contributed by atoms with Crippen LogP contribution in [0.4, 0.5) is 0 Å². The van der Waals surface area contributed by atoms with Crippen LogP contribution >= 0.6 is 15.9 Å². The number of piperidine rings is 1. The Bertz CT molecular complexity index is 757. The molecule has 2 aliphatic heterocycles. The molecule has 0 aliphatic carbocycles. The van der Waals surface area contributed by atoms with Gasteiger partial charge in [-0.25, -0.2) is 0 Å². The van der Waals surface area contributed by atoms with Crippen LogP contribution in [0.25, 0.3) is 0 Å². The fourth-order valence-corrected chi connectivity index (χ4v) is 3.89. The molecule has 1 amide bonds. The van der Waals surface area contributed by atoms with Gasteiger partial charge < -0.3 is 14.4 Å². The summed E-state index contributed by atoms with van der Waals surface area (Å²) in [6.07, 6.45) is 1.58. The predicted octanol–water partition coefficient (Wildman–Crippen LogP) is 4.24. The van der Waals surface area contributed by atoms with Crippen LogP contribution in [0.5, 0.6) is 5.75 Å². The monoisotopic (exact) mass is 401 g/mol. The van der Waals surface area contributed by atoms with Gasteiger partial charge in [0.2, 0.25) is 6.29 Å². The van der Waals surface area contributed by atoms with Crippen molar-refractivity contribution in [2.24, 2.45) is 5.92 Å².